The van der Waals surface area contributed by atoms with Gasteiger partial charge in [-0.05, 0) is 18.2 Å². The standard InChI is InChI=1S/C13H16BrN3O/c1-17-8-7-16-13(17)5-6-15-11-9-10(14)3-4-12(11)18-2/h3-4,7-9,15H,5-6H2,1-2H3. The van der Waals surface area contributed by atoms with E-state index in [-0.39, 0.29) is 0 Å². The number of rotatable bonds is 5. The number of imidazole rings is 1. The largest absolute Gasteiger partial charge is 0.495 e. The Morgan fingerprint density at radius 3 is 2.94 bits per heavy atom. The van der Waals surface area contributed by atoms with Crippen molar-refractivity contribution in [2.45, 2.75) is 6.42 Å². The van der Waals surface area contributed by atoms with Crippen molar-refractivity contribution in [3.63, 3.8) is 0 Å². The molecule has 0 bridgehead atoms. The van der Waals surface area contributed by atoms with E-state index in [0.29, 0.717) is 0 Å². The number of nitrogens with zero attached hydrogens (tertiary/aromatic N) is 2. The van der Waals surface area contributed by atoms with Gasteiger partial charge in [-0.25, -0.2) is 4.98 Å². The first-order valence-electron chi connectivity index (χ1n) is 5.74. The summed E-state index contributed by atoms with van der Waals surface area (Å²) in [6.07, 6.45) is 4.64. The van der Waals surface area contributed by atoms with Crippen LogP contribution in [-0.2, 0) is 13.5 Å². The lowest BCUT2D eigenvalue weighted by Crippen LogP contribution is -2.09. The number of methoxy groups -OCH3 is 1. The molecule has 2 aromatic rings. The molecule has 0 atom stereocenters. The minimum Gasteiger partial charge on any atom is -0.495 e. The van der Waals surface area contributed by atoms with Crippen molar-refractivity contribution in [3.05, 3.63) is 40.9 Å². The second kappa shape index (κ2) is 5.91. The Morgan fingerprint density at radius 2 is 2.28 bits per heavy atom. The number of halogens is 1. The van der Waals surface area contributed by atoms with Crippen molar-refractivity contribution in [1.82, 2.24) is 9.55 Å². The lowest BCUT2D eigenvalue weighted by atomic mass is 10.3. The fourth-order valence-corrected chi connectivity index (χ4v) is 2.13. The summed E-state index contributed by atoms with van der Waals surface area (Å²) >= 11 is 3.46. The van der Waals surface area contributed by atoms with Crippen LogP contribution >= 0.6 is 15.9 Å². The van der Waals surface area contributed by atoms with Crippen LogP contribution in [0, 0.1) is 0 Å². The lowest BCUT2D eigenvalue weighted by molar-refractivity contribution is 0.416. The molecule has 0 radical (unpaired) electrons. The monoisotopic (exact) mass is 309 g/mol. The van der Waals surface area contributed by atoms with Crippen molar-refractivity contribution in [1.29, 1.82) is 0 Å². The molecule has 0 fully saturated rings. The third-order valence-electron chi connectivity index (χ3n) is 2.75. The second-order valence-corrected chi connectivity index (χ2v) is 4.89. The molecule has 5 heteroatoms. The molecule has 1 N–H and O–H groups in total. The van der Waals surface area contributed by atoms with Gasteiger partial charge < -0.3 is 14.6 Å². The third kappa shape index (κ3) is 3.04. The molecular formula is C13H16BrN3O. The van der Waals surface area contributed by atoms with E-state index < -0.39 is 0 Å². The molecule has 0 aliphatic heterocycles. The second-order valence-electron chi connectivity index (χ2n) is 3.98. The maximum Gasteiger partial charge on any atom is 0.142 e. The van der Waals surface area contributed by atoms with Crippen LogP contribution < -0.4 is 10.1 Å². The minimum absolute atomic E-state index is 0.817. The molecule has 0 spiro atoms. The van der Waals surface area contributed by atoms with Crippen molar-refractivity contribution >= 4 is 21.6 Å². The molecule has 2 rings (SSSR count). The summed E-state index contributed by atoms with van der Waals surface area (Å²) in [5, 5.41) is 3.36. The van der Waals surface area contributed by atoms with E-state index in [4.69, 9.17) is 4.74 Å². The Hall–Kier alpha value is -1.49. The van der Waals surface area contributed by atoms with Crippen LogP contribution in [0.15, 0.2) is 35.1 Å². The molecule has 96 valence electrons. The fraction of sp³-hybridized carbons (Fsp3) is 0.308. The number of hydrogen-bond acceptors (Lipinski definition) is 3. The molecule has 0 aliphatic rings. The van der Waals surface area contributed by atoms with Crippen molar-refractivity contribution < 1.29 is 4.74 Å². The van der Waals surface area contributed by atoms with Gasteiger partial charge in [0.15, 0.2) is 0 Å². The number of anilines is 1. The van der Waals surface area contributed by atoms with Gasteiger partial charge in [0.25, 0.3) is 0 Å². The quantitative estimate of drug-likeness (QED) is 0.923. The predicted molar refractivity (Wildman–Crippen MR) is 76.1 cm³/mol. The van der Waals surface area contributed by atoms with Crippen LogP contribution in [0.4, 0.5) is 5.69 Å². The molecule has 0 unspecified atom stereocenters. The van der Waals surface area contributed by atoms with Crippen LogP contribution in [-0.4, -0.2) is 23.2 Å². The summed E-state index contributed by atoms with van der Waals surface area (Å²) in [5.74, 6) is 1.91. The fourth-order valence-electron chi connectivity index (χ4n) is 1.76. The van der Waals surface area contributed by atoms with Gasteiger partial charge in [0, 0.05) is 36.9 Å². The number of hydrogen-bond donors (Lipinski definition) is 1. The topological polar surface area (TPSA) is 39.1 Å². The summed E-state index contributed by atoms with van der Waals surface area (Å²) in [5.41, 5.74) is 0.987. The highest BCUT2D eigenvalue weighted by Crippen LogP contribution is 2.27. The van der Waals surface area contributed by atoms with Gasteiger partial charge in [-0.3, -0.25) is 0 Å². The van der Waals surface area contributed by atoms with Gasteiger partial charge in [0.2, 0.25) is 0 Å². The molecule has 0 saturated heterocycles. The number of aromatic nitrogens is 2. The zero-order valence-electron chi connectivity index (χ0n) is 10.5. The summed E-state index contributed by atoms with van der Waals surface area (Å²) in [6.45, 7) is 0.817. The predicted octanol–water partition coefficient (Wildman–Crippen LogP) is 2.85. The molecule has 18 heavy (non-hydrogen) atoms. The van der Waals surface area contributed by atoms with Crippen LogP contribution in [0.3, 0.4) is 0 Å². The number of benzene rings is 1. The van der Waals surface area contributed by atoms with Gasteiger partial charge >= 0.3 is 0 Å². The van der Waals surface area contributed by atoms with Gasteiger partial charge in [-0.1, -0.05) is 15.9 Å². The maximum absolute atomic E-state index is 5.31. The molecule has 0 saturated carbocycles. The van der Waals surface area contributed by atoms with Crippen LogP contribution in [0.25, 0.3) is 0 Å². The van der Waals surface area contributed by atoms with Crippen LogP contribution in [0.5, 0.6) is 5.75 Å². The van der Waals surface area contributed by atoms with E-state index in [2.05, 4.69) is 26.2 Å². The van der Waals surface area contributed by atoms with Gasteiger partial charge in [0.05, 0.1) is 12.8 Å². The highest BCUT2D eigenvalue weighted by Gasteiger charge is 2.04. The van der Waals surface area contributed by atoms with E-state index in [1.54, 1.807) is 7.11 Å². The first kappa shape index (κ1) is 13.0. The Bertz CT molecular complexity index is 525. The van der Waals surface area contributed by atoms with Crippen LogP contribution in [0.2, 0.25) is 0 Å². The van der Waals surface area contributed by atoms with Crippen molar-refractivity contribution in [2.24, 2.45) is 7.05 Å². The first-order valence-corrected chi connectivity index (χ1v) is 6.53. The third-order valence-corrected chi connectivity index (χ3v) is 3.24. The molecule has 1 heterocycles. The Kier molecular flexibility index (Phi) is 4.25. The van der Waals surface area contributed by atoms with Gasteiger partial charge in [-0.2, -0.15) is 0 Å². The van der Waals surface area contributed by atoms with E-state index in [0.717, 1.165) is 34.7 Å². The van der Waals surface area contributed by atoms with E-state index in [1.807, 2.05) is 42.2 Å². The zero-order valence-corrected chi connectivity index (χ0v) is 12.1. The van der Waals surface area contributed by atoms with E-state index in [1.165, 1.54) is 0 Å². The molecule has 0 amide bonds. The summed E-state index contributed by atoms with van der Waals surface area (Å²) in [4.78, 5) is 4.29. The Labute approximate surface area is 115 Å². The Morgan fingerprint density at radius 1 is 1.44 bits per heavy atom. The van der Waals surface area contributed by atoms with Crippen molar-refractivity contribution in [2.75, 3.05) is 19.0 Å². The van der Waals surface area contributed by atoms with Crippen LogP contribution in [0.1, 0.15) is 5.82 Å². The van der Waals surface area contributed by atoms with Gasteiger partial charge in [0.1, 0.15) is 11.6 Å². The summed E-state index contributed by atoms with van der Waals surface area (Å²) in [7, 11) is 3.68. The highest BCUT2D eigenvalue weighted by molar-refractivity contribution is 9.10. The molecule has 0 aliphatic carbocycles. The Balaban J connectivity index is 1.98. The molecule has 1 aromatic carbocycles. The number of ether oxygens (including phenoxy) is 1. The average molecular weight is 310 g/mol. The first-order chi connectivity index (χ1) is 8.70. The maximum atomic E-state index is 5.31. The average Bonchev–Trinajstić information content (AvgIpc) is 2.76. The normalized spacial score (nSPS) is 10.4. The van der Waals surface area contributed by atoms with Gasteiger partial charge in [-0.15, -0.1) is 0 Å². The SMILES string of the molecule is COc1ccc(Br)cc1NCCc1nccn1C. The number of nitrogens with one attached hydrogen (secondary N) is 1. The van der Waals surface area contributed by atoms with Crippen molar-refractivity contribution in [3.8, 4) is 5.75 Å². The molecule has 4 nitrogen and oxygen atoms in total. The molecular weight excluding hydrogens is 294 g/mol. The lowest BCUT2D eigenvalue weighted by Gasteiger charge is -2.11. The summed E-state index contributed by atoms with van der Waals surface area (Å²) < 4.78 is 8.37. The molecule has 1 aromatic heterocycles. The zero-order chi connectivity index (χ0) is 13.0. The number of aryl methyl sites for hydroxylation is 1. The van der Waals surface area contributed by atoms with E-state index in [9.17, 15) is 0 Å². The minimum atomic E-state index is 0.817. The smallest absolute Gasteiger partial charge is 0.142 e. The van der Waals surface area contributed by atoms with E-state index >= 15 is 0 Å². The summed E-state index contributed by atoms with van der Waals surface area (Å²) in [6, 6.07) is 5.91. The highest BCUT2D eigenvalue weighted by atomic mass is 79.9.